The number of rotatable bonds is 3. The highest BCUT2D eigenvalue weighted by atomic mass is 32.2. The summed E-state index contributed by atoms with van der Waals surface area (Å²) >= 11 is 0. The van der Waals surface area contributed by atoms with Crippen molar-refractivity contribution in [3.63, 3.8) is 0 Å². The first-order chi connectivity index (χ1) is 15.8. The zero-order chi connectivity index (χ0) is 24.9. The maximum Gasteiger partial charge on any atom is 0.416 e. The Hall–Kier alpha value is -2.43. The third-order valence-corrected chi connectivity index (χ3v) is 8.78. The van der Waals surface area contributed by atoms with Crippen molar-refractivity contribution in [2.24, 2.45) is 5.92 Å². The van der Waals surface area contributed by atoms with Gasteiger partial charge in [-0.25, -0.2) is 8.42 Å². The molecule has 11 heteroatoms. The van der Waals surface area contributed by atoms with Gasteiger partial charge in [-0.05, 0) is 55.7 Å². The molecule has 186 valence electrons. The lowest BCUT2D eigenvalue weighted by Gasteiger charge is -2.50. The van der Waals surface area contributed by atoms with E-state index in [9.17, 15) is 34.8 Å². The van der Waals surface area contributed by atoms with Gasteiger partial charge in [0.2, 0.25) is 0 Å². The monoisotopic (exact) mass is 507 g/mol. The van der Waals surface area contributed by atoms with Gasteiger partial charge < -0.3 is 4.74 Å². The Labute approximate surface area is 193 Å². The molecule has 2 atom stereocenters. The van der Waals surface area contributed by atoms with Crippen LogP contribution in [0.3, 0.4) is 0 Å². The summed E-state index contributed by atoms with van der Waals surface area (Å²) in [6, 6.07) is 7.51. The molecule has 4 nitrogen and oxygen atoms in total. The van der Waals surface area contributed by atoms with Crippen molar-refractivity contribution in [1.82, 2.24) is 0 Å². The van der Waals surface area contributed by atoms with Crippen LogP contribution >= 0.6 is 0 Å². The van der Waals surface area contributed by atoms with Crippen LogP contribution in [0.25, 0.3) is 0 Å². The SMILES string of the molecule is COc1cccc2c1C1(CCCCC1C(F)(F)F)CCN2S(=O)(=O)c1ccc(C(F)(F)F)cc1. The quantitative estimate of drug-likeness (QED) is 0.458. The molecule has 34 heavy (non-hydrogen) atoms. The van der Waals surface area contributed by atoms with Crippen LogP contribution in [-0.2, 0) is 21.6 Å². The summed E-state index contributed by atoms with van der Waals surface area (Å²) in [5.74, 6) is -1.49. The Morgan fingerprint density at radius 3 is 2.24 bits per heavy atom. The number of nitrogens with zero attached hydrogens (tertiary/aromatic N) is 1. The Morgan fingerprint density at radius 2 is 1.65 bits per heavy atom. The number of ether oxygens (including phenoxy) is 1. The van der Waals surface area contributed by atoms with E-state index < -0.39 is 39.3 Å². The summed E-state index contributed by atoms with van der Waals surface area (Å²) in [6.07, 6.45) is -8.03. The highest BCUT2D eigenvalue weighted by Crippen LogP contribution is 2.59. The fourth-order valence-electron chi connectivity index (χ4n) is 5.45. The van der Waals surface area contributed by atoms with E-state index in [1.54, 1.807) is 0 Å². The number of hydrogen-bond acceptors (Lipinski definition) is 3. The summed E-state index contributed by atoms with van der Waals surface area (Å²) in [5.41, 5.74) is -2.07. The van der Waals surface area contributed by atoms with E-state index >= 15 is 0 Å². The Kier molecular flexibility index (Phi) is 6.06. The van der Waals surface area contributed by atoms with Crippen molar-refractivity contribution in [3.05, 3.63) is 53.6 Å². The number of sulfonamides is 1. The van der Waals surface area contributed by atoms with Gasteiger partial charge in [0.15, 0.2) is 0 Å². The lowest BCUT2D eigenvalue weighted by Crippen LogP contribution is -2.52. The van der Waals surface area contributed by atoms with Crippen LogP contribution in [-0.4, -0.2) is 28.2 Å². The van der Waals surface area contributed by atoms with Gasteiger partial charge in [0, 0.05) is 17.5 Å². The standard InChI is InChI=1S/C23H23F6NO3S/c1-33-18-6-4-5-17-20(18)21(12-3-2-7-19(21)23(27,28)29)13-14-30(17)34(31,32)16-10-8-15(9-11-16)22(24,25)26/h4-6,8-11,19H,2-3,7,12-14H2,1H3. The number of hydrogen-bond donors (Lipinski definition) is 0. The van der Waals surface area contributed by atoms with Crippen LogP contribution in [0.15, 0.2) is 47.4 Å². The van der Waals surface area contributed by atoms with Gasteiger partial charge >= 0.3 is 12.4 Å². The van der Waals surface area contributed by atoms with Gasteiger partial charge in [-0.1, -0.05) is 18.9 Å². The lowest BCUT2D eigenvalue weighted by molar-refractivity contribution is -0.203. The van der Waals surface area contributed by atoms with E-state index in [1.807, 2.05) is 0 Å². The van der Waals surface area contributed by atoms with E-state index in [4.69, 9.17) is 4.74 Å². The van der Waals surface area contributed by atoms with Gasteiger partial charge in [0.1, 0.15) is 5.75 Å². The molecule has 0 amide bonds. The topological polar surface area (TPSA) is 46.6 Å². The first-order valence-electron chi connectivity index (χ1n) is 10.8. The number of anilines is 1. The second kappa shape index (κ2) is 8.35. The Balaban J connectivity index is 1.85. The molecule has 2 unspecified atom stereocenters. The van der Waals surface area contributed by atoms with E-state index in [0.29, 0.717) is 25.0 Å². The molecule has 1 aliphatic heterocycles. The maximum atomic E-state index is 14.2. The van der Waals surface area contributed by atoms with Gasteiger partial charge in [-0.15, -0.1) is 0 Å². The van der Waals surface area contributed by atoms with Crippen molar-refractivity contribution < 1.29 is 39.5 Å². The molecule has 0 saturated heterocycles. The van der Waals surface area contributed by atoms with Crippen LogP contribution in [0.1, 0.15) is 43.2 Å². The first-order valence-corrected chi connectivity index (χ1v) is 12.2. The molecule has 1 saturated carbocycles. The summed E-state index contributed by atoms with van der Waals surface area (Å²) < 4.78 is 115. The molecule has 2 aromatic carbocycles. The summed E-state index contributed by atoms with van der Waals surface area (Å²) in [5, 5.41) is 0. The van der Waals surface area contributed by atoms with Gasteiger partial charge in [0.25, 0.3) is 10.0 Å². The van der Waals surface area contributed by atoms with E-state index in [2.05, 4.69) is 0 Å². The van der Waals surface area contributed by atoms with Crippen LogP contribution in [0.2, 0.25) is 0 Å². The summed E-state index contributed by atoms with van der Waals surface area (Å²) in [6.45, 7) is -0.226. The van der Waals surface area contributed by atoms with Gasteiger partial charge in [-0.3, -0.25) is 4.31 Å². The predicted molar refractivity (Wildman–Crippen MR) is 113 cm³/mol. The minimum atomic E-state index is -4.63. The van der Waals surface area contributed by atoms with Crippen molar-refractivity contribution in [3.8, 4) is 5.75 Å². The molecule has 1 heterocycles. The third kappa shape index (κ3) is 4.01. The maximum absolute atomic E-state index is 14.2. The molecule has 1 fully saturated rings. The highest BCUT2D eigenvalue weighted by Gasteiger charge is 2.58. The first kappa shape index (κ1) is 24.7. The third-order valence-electron chi connectivity index (χ3n) is 6.95. The number of methoxy groups -OCH3 is 1. The lowest BCUT2D eigenvalue weighted by atomic mass is 9.59. The Morgan fingerprint density at radius 1 is 0.971 bits per heavy atom. The van der Waals surface area contributed by atoms with Gasteiger partial charge in [-0.2, -0.15) is 26.3 Å². The van der Waals surface area contributed by atoms with Crippen molar-refractivity contribution in [2.75, 3.05) is 18.0 Å². The minimum Gasteiger partial charge on any atom is -0.496 e. The fraction of sp³-hybridized carbons (Fsp3) is 0.478. The van der Waals surface area contributed by atoms with Crippen molar-refractivity contribution >= 4 is 15.7 Å². The average molecular weight is 507 g/mol. The van der Waals surface area contributed by atoms with Crippen LogP contribution < -0.4 is 9.04 Å². The molecular weight excluding hydrogens is 484 g/mol. The molecule has 4 rings (SSSR count). The zero-order valence-corrected chi connectivity index (χ0v) is 19.0. The number of fused-ring (bicyclic) bond motifs is 2. The molecule has 2 aliphatic rings. The molecule has 0 N–H and O–H groups in total. The second-order valence-corrected chi connectivity index (χ2v) is 10.6. The molecule has 1 aliphatic carbocycles. The molecule has 0 radical (unpaired) electrons. The summed E-state index contributed by atoms with van der Waals surface area (Å²) in [4.78, 5) is -0.374. The minimum absolute atomic E-state index is 0.0629. The molecular formula is C23H23F6NO3S. The Bertz CT molecular complexity index is 1160. The normalized spacial score (nSPS) is 23.6. The number of benzene rings is 2. The van der Waals surface area contributed by atoms with Crippen LogP contribution in [0.5, 0.6) is 5.75 Å². The van der Waals surface area contributed by atoms with Crippen LogP contribution in [0, 0.1) is 5.92 Å². The average Bonchev–Trinajstić information content (AvgIpc) is 2.78. The summed E-state index contributed by atoms with van der Waals surface area (Å²) in [7, 11) is -3.02. The second-order valence-electron chi connectivity index (χ2n) is 8.70. The fourth-order valence-corrected chi connectivity index (χ4v) is 6.93. The predicted octanol–water partition coefficient (Wildman–Crippen LogP) is 6.30. The number of alkyl halides is 6. The zero-order valence-electron chi connectivity index (χ0n) is 18.2. The van der Waals surface area contributed by atoms with E-state index in [-0.39, 0.29) is 47.7 Å². The highest BCUT2D eigenvalue weighted by molar-refractivity contribution is 7.92. The largest absolute Gasteiger partial charge is 0.496 e. The van der Waals surface area contributed by atoms with Crippen LogP contribution in [0.4, 0.5) is 32.0 Å². The van der Waals surface area contributed by atoms with Crippen molar-refractivity contribution in [2.45, 2.75) is 54.8 Å². The molecule has 2 aromatic rings. The van der Waals surface area contributed by atoms with Gasteiger partial charge in [0.05, 0.1) is 29.2 Å². The van der Waals surface area contributed by atoms with Crippen molar-refractivity contribution in [1.29, 1.82) is 0 Å². The smallest absolute Gasteiger partial charge is 0.416 e. The molecule has 0 bridgehead atoms. The van der Waals surface area contributed by atoms with E-state index in [1.165, 1.54) is 25.3 Å². The number of halogens is 6. The van der Waals surface area contributed by atoms with E-state index in [0.717, 1.165) is 16.4 Å². The molecule has 1 spiro atoms. The molecule has 0 aromatic heterocycles.